The smallest absolute Gasteiger partial charge is 0.480 e. The van der Waals surface area contributed by atoms with E-state index in [0.29, 0.717) is 0 Å². The Kier molecular flexibility index (Phi) is 9.74. The molecule has 0 saturated heterocycles. The lowest BCUT2D eigenvalue weighted by atomic mass is 10.1. The van der Waals surface area contributed by atoms with Crippen LogP contribution < -0.4 is 9.47 Å². The Labute approximate surface area is 176 Å². The third kappa shape index (κ3) is 7.88. The molecule has 1 aromatic carbocycles. The van der Waals surface area contributed by atoms with Gasteiger partial charge in [0.15, 0.2) is 5.75 Å². The molecular formula is C18H23NO12. The van der Waals surface area contributed by atoms with Crippen molar-refractivity contribution in [3.8, 4) is 11.5 Å². The van der Waals surface area contributed by atoms with Gasteiger partial charge in [0.1, 0.15) is 19.3 Å². The van der Waals surface area contributed by atoms with Gasteiger partial charge in [-0.05, 0) is 19.1 Å². The number of carboxylic acid groups (broad SMARTS) is 1. The number of nitrogens with zero attached hydrogens (tertiary/aromatic N) is 1. The fourth-order valence-electron chi connectivity index (χ4n) is 2.51. The summed E-state index contributed by atoms with van der Waals surface area (Å²) in [5.74, 6) is -0.806. The summed E-state index contributed by atoms with van der Waals surface area (Å²) in [5.41, 5.74) is -0.182. The summed E-state index contributed by atoms with van der Waals surface area (Å²) >= 11 is 0. The number of carbonyl (C=O) groups excluding carboxylic acids is 1. The van der Waals surface area contributed by atoms with Gasteiger partial charge in [0, 0.05) is 0 Å². The minimum Gasteiger partial charge on any atom is -0.480 e. The fourth-order valence-corrected chi connectivity index (χ4v) is 2.51. The topological polar surface area (TPSA) is 162 Å². The van der Waals surface area contributed by atoms with E-state index in [-0.39, 0.29) is 75.8 Å². The molecule has 13 nitrogen and oxygen atoms in total. The molecular weight excluding hydrogens is 422 g/mol. The largest absolute Gasteiger partial charge is 0.508 e. The molecule has 0 bridgehead atoms. The van der Waals surface area contributed by atoms with Gasteiger partial charge in [0.05, 0.1) is 43.5 Å². The lowest BCUT2D eigenvalue weighted by Crippen LogP contribution is -2.16. The summed E-state index contributed by atoms with van der Waals surface area (Å²) < 4.78 is 35.4. The van der Waals surface area contributed by atoms with Gasteiger partial charge < -0.3 is 38.3 Å². The molecule has 0 aromatic heterocycles. The van der Waals surface area contributed by atoms with Gasteiger partial charge in [0.25, 0.3) is 0 Å². The zero-order valence-electron chi connectivity index (χ0n) is 16.8. The van der Waals surface area contributed by atoms with E-state index < -0.39 is 23.2 Å². The van der Waals surface area contributed by atoms with Crippen LogP contribution in [0.3, 0.4) is 0 Å². The van der Waals surface area contributed by atoms with Crippen molar-refractivity contribution in [1.29, 1.82) is 0 Å². The van der Waals surface area contributed by atoms with Gasteiger partial charge in [0.2, 0.25) is 12.5 Å². The van der Waals surface area contributed by atoms with Gasteiger partial charge >= 0.3 is 17.8 Å². The number of aliphatic carboxylic acids is 1. The van der Waals surface area contributed by atoms with Crippen molar-refractivity contribution in [1.82, 2.24) is 0 Å². The second-order valence-corrected chi connectivity index (χ2v) is 6.02. The van der Waals surface area contributed by atoms with Crippen molar-refractivity contribution >= 4 is 17.8 Å². The monoisotopic (exact) mass is 445 g/mol. The van der Waals surface area contributed by atoms with Crippen molar-refractivity contribution in [3.05, 3.63) is 27.8 Å². The number of rotatable bonds is 14. The molecule has 1 N–H and O–H groups in total. The number of hydrogen-bond acceptors (Lipinski definition) is 11. The minimum atomic E-state index is -1.05. The quantitative estimate of drug-likeness (QED) is 0.191. The zero-order valence-corrected chi connectivity index (χ0v) is 16.8. The lowest BCUT2D eigenvalue weighted by molar-refractivity contribution is -0.386. The average Bonchev–Trinajstić information content (AvgIpc) is 3.19. The highest BCUT2D eigenvalue weighted by Crippen LogP contribution is 2.45. The predicted octanol–water partition coefficient (Wildman–Crippen LogP) is 1.67. The standard InChI is InChI=1S/C18H23NO12/c1-12(13-2-3-14-17(30-11-29-14)16(13)19(23)24)31-18(22)28-9-8-26-5-4-25-6-7-27-10-15(20)21/h2-3,12H,4-11H2,1H3,(H,20,21). The first-order valence-corrected chi connectivity index (χ1v) is 9.25. The maximum absolute atomic E-state index is 11.8. The third-order valence-electron chi connectivity index (χ3n) is 3.85. The van der Waals surface area contributed by atoms with Gasteiger partial charge in [-0.25, -0.2) is 9.59 Å². The number of carboxylic acids is 1. The zero-order chi connectivity index (χ0) is 22.6. The summed E-state index contributed by atoms with van der Waals surface area (Å²) in [6.07, 6.45) is -1.96. The van der Waals surface area contributed by atoms with Crippen LogP contribution in [0.1, 0.15) is 18.6 Å². The maximum atomic E-state index is 11.8. The van der Waals surface area contributed by atoms with E-state index in [1.54, 1.807) is 0 Å². The summed E-state index contributed by atoms with van der Waals surface area (Å²) in [4.78, 5) is 32.8. The molecule has 31 heavy (non-hydrogen) atoms. The molecule has 1 atom stereocenters. The number of carbonyl (C=O) groups is 2. The lowest BCUT2D eigenvalue weighted by Gasteiger charge is -2.14. The third-order valence-corrected chi connectivity index (χ3v) is 3.85. The Morgan fingerprint density at radius 1 is 1.10 bits per heavy atom. The highest BCUT2D eigenvalue weighted by atomic mass is 16.7. The molecule has 0 radical (unpaired) electrons. The molecule has 0 aliphatic carbocycles. The van der Waals surface area contributed by atoms with Crippen LogP contribution in [0.5, 0.6) is 11.5 Å². The van der Waals surface area contributed by atoms with E-state index in [2.05, 4.69) is 0 Å². The molecule has 172 valence electrons. The Balaban J connectivity index is 1.62. The van der Waals surface area contributed by atoms with Crippen molar-refractivity contribution in [2.24, 2.45) is 0 Å². The number of fused-ring (bicyclic) bond motifs is 1. The van der Waals surface area contributed by atoms with Gasteiger partial charge in [-0.15, -0.1) is 0 Å². The predicted molar refractivity (Wildman–Crippen MR) is 100 cm³/mol. The molecule has 1 heterocycles. The van der Waals surface area contributed by atoms with Crippen molar-refractivity contribution < 1.29 is 52.8 Å². The van der Waals surface area contributed by atoms with Crippen molar-refractivity contribution in [3.63, 3.8) is 0 Å². The number of hydrogen-bond donors (Lipinski definition) is 1. The fraction of sp³-hybridized carbons (Fsp3) is 0.556. The van der Waals surface area contributed by atoms with Crippen LogP contribution in [0.25, 0.3) is 0 Å². The molecule has 1 aliphatic heterocycles. The number of nitro groups is 1. The van der Waals surface area contributed by atoms with Crippen LogP contribution in [0.4, 0.5) is 10.5 Å². The summed E-state index contributed by atoms with van der Waals surface area (Å²) in [5, 5.41) is 19.8. The van der Waals surface area contributed by atoms with Crippen LogP contribution in [0.15, 0.2) is 12.1 Å². The van der Waals surface area contributed by atoms with Gasteiger partial charge in [-0.3, -0.25) is 10.1 Å². The highest BCUT2D eigenvalue weighted by molar-refractivity contribution is 5.68. The van der Waals surface area contributed by atoms with Crippen LogP contribution in [-0.2, 0) is 28.5 Å². The Morgan fingerprint density at radius 3 is 2.39 bits per heavy atom. The average molecular weight is 445 g/mol. The molecule has 13 heteroatoms. The number of benzene rings is 1. The normalized spacial score (nSPS) is 12.9. The van der Waals surface area contributed by atoms with E-state index in [1.807, 2.05) is 0 Å². The van der Waals surface area contributed by atoms with E-state index >= 15 is 0 Å². The summed E-state index contributed by atoms with van der Waals surface area (Å²) in [7, 11) is 0. The Bertz CT molecular complexity index is 768. The molecule has 0 amide bonds. The first kappa shape index (κ1) is 24.1. The first-order chi connectivity index (χ1) is 14.9. The molecule has 1 aliphatic rings. The molecule has 0 saturated carbocycles. The van der Waals surface area contributed by atoms with Gasteiger partial charge in [-0.2, -0.15) is 0 Å². The van der Waals surface area contributed by atoms with E-state index in [1.165, 1.54) is 19.1 Å². The van der Waals surface area contributed by atoms with E-state index in [9.17, 15) is 19.7 Å². The minimum absolute atomic E-state index is 0.00427. The van der Waals surface area contributed by atoms with Crippen LogP contribution >= 0.6 is 0 Å². The summed E-state index contributed by atoms with van der Waals surface area (Å²) in [6.45, 7) is 1.84. The van der Waals surface area contributed by atoms with Gasteiger partial charge in [-0.1, -0.05) is 0 Å². The van der Waals surface area contributed by atoms with E-state index in [0.717, 1.165) is 0 Å². The SMILES string of the molecule is CC(OC(=O)OCCOCCOCCOCC(=O)O)c1ccc2c(c1[N+](=O)[O-])OCO2. The van der Waals surface area contributed by atoms with Crippen LogP contribution in [-0.4, -0.2) is 75.2 Å². The number of nitro benzene ring substituents is 1. The second kappa shape index (κ2) is 12.5. The molecule has 2 rings (SSSR count). The first-order valence-electron chi connectivity index (χ1n) is 9.25. The highest BCUT2D eigenvalue weighted by Gasteiger charge is 2.32. The number of ether oxygens (including phenoxy) is 7. The van der Waals surface area contributed by atoms with Crippen molar-refractivity contribution in [2.75, 3.05) is 53.0 Å². The molecule has 1 aromatic rings. The van der Waals surface area contributed by atoms with Crippen molar-refractivity contribution in [2.45, 2.75) is 13.0 Å². The Morgan fingerprint density at radius 2 is 1.74 bits per heavy atom. The molecule has 0 spiro atoms. The summed E-state index contributed by atoms with van der Waals surface area (Å²) in [6, 6.07) is 2.93. The van der Waals surface area contributed by atoms with Crippen LogP contribution in [0.2, 0.25) is 0 Å². The Hall–Kier alpha value is -3.16. The molecule has 1 unspecified atom stereocenters. The maximum Gasteiger partial charge on any atom is 0.508 e. The molecule has 0 fully saturated rings. The second-order valence-electron chi connectivity index (χ2n) is 6.02. The van der Waals surface area contributed by atoms with E-state index in [4.69, 9.17) is 38.3 Å². The van der Waals surface area contributed by atoms with Crippen LogP contribution in [0, 0.1) is 10.1 Å².